The molecule has 0 saturated carbocycles. The summed E-state index contributed by atoms with van der Waals surface area (Å²) in [7, 11) is 0. The number of nitrogens with one attached hydrogen (secondary N) is 1. The Morgan fingerprint density at radius 1 is 1.23 bits per heavy atom. The monoisotopic (exact) mass is 354 g/mol. The number of ether oxygens (including phenoxy) is 1. The van der Waals surface area contributed by atoms with Gasteiger partial charge in [-0.2, -0.15) is 0 Å². The molecular formula is C20H26N4O2. The molecule has 0 spiro atoms. The van der Waals surface area contributed by atoms with Crippen molar-refractivity contribution in [1.82, 2.24) is 15.1 Å². The fraction of sp³-hybridized carbons (Fsp3) is 0.450. The zero-order valence-electron chi connectivity index (χ0n) is 15.4. The van der Waals surface area contributed by atoms with Crippen LogP contribution in [0.4, 0.5) is 5.82 Å². The van der Waals surface area contributed by atoms with Gasteiger partial charge >= 0.3 is 0 Å². The highest BCUT2D eigenvalue weighted by molar-refractivity contribution is 5.92. The van der Waals surface area contributed by atoms with Crippen molar-refractivity contribution in [3.8, 4) is 0 Å². The molecule has 1 saturated heterocycles. The summed E-state index contributed by atoms with van der Waals surface area (Å²) in [4.78, 5) is 14.7. The van der Waals surface area contributed by atoms with Gasteiger partial charge in [0.1, 0.15) is 5.82 Å². The van der Waals surface area contributed by atoms with Crippen molar-refractivity contribution in [2.75, 3.05) is 18.5 Å². The third kappa shape index (κ3) is 4.79. The molecule has 2 heterocycles. The molecule has 1 aliphatic heterocycles. The molecule has 0 radical (unpaired) electrons. The van der Waals surface area contributed by atoms with Crippen LogP contribution in [-0.4, -0.2) is 46.3 Å². The van der Waals surface area contributed by atoms with E-state index in [0.29, 0.717) is 24.6 Å². The van der Waals surface area contributed by atoms with Crippen molar-refractivity contribution in [2.45, 2.75) is 45.4 Å². The summed E-state index contributed by atoms with van der Waals surface area (Å²) < 4.78 is 5.58. The zero-order chi connectivity index (χ0) is 18.4. The summed E-state index contributed by atoms with van der Waals surface area (Å²) in [5.74, 6) is 0.554. The van der Waals surface area contributed by atoms with Crippen LogP contribution in [-0.2, 0) is 11.3 Å². The molecule has 3 rings (SSSR count). The summed E-state index contributed by atoms with van der Waals surface area (Å²) in [6, 6.07) is 13.6. The van der Waals surface area contributed by atoms with E-state index < -0.39 is 0 Å². The Labute approximate surface area is 154 Å². The first-order valence-corrected chi connectivity index (χ1v) is 9.17. The molecule has 138 valence electrons. The normalized spacial score (nSPS) is 16.7. The number of aromatic nitrogens is 2. The molecule has 26 heavy (non-hydrogen) atoms. The van der Waals surface area contributed by atoms with E-state index in [1.807, 2.05) is 44.2 Å². The molecule has 1 N–H and O–H groups in total. The van der Waals surface area contributed by atoms with Gasteiger partial charge < -0.3 is 15.0 Å². The molecule has 1 atom stereocenters. The number of hydrogen-bond donors (Lipinski definition) is 1. The van der Waals surface area contributed by atoms with Crippen LogP contribution >= 0.6 is 0 Å². The van der Waals surface area contributed by atoms with Crippen LogP contribution in [0.1, 0.15) is 42.7 Å². The second-order valence-electron chi connectivity index (χ2n) is 6.83. The summed E-state index contributed by atoms with van der Waals surface area (Å²) in [6.45, 7) is 6.11. The predicted octanol–water partition coefficient (Wildman–Crippen LogP) is 3.12. The van der Waals surface area contributed by atoms with E-state index >= 15 is 0 Å². The van der Waals surface area contributed by atoms with E-state index in [2.05, 4.69) is 15.5 Å². The Balaban J connectivity index is 1.63. The third-order valence-electron chi connectivity index (χ3n) is 4.50. The van der Waals surface area contributed by atoms with Gasteiger partial charge in [-0.15, -0.1) is 10.2 Å². The van der Waals surface area contributed by atoms with Crippen LogP contribution in [0, 0.1) is 0 Å². The minimum atomic E-state index is -0.109. The molecule has 0 bridgehead atoms. The van der Waals surface area contributed by atoms with Crippen LogP contribution in [0.25, 0.3) is 0 Å². The Kier molecular flexibility index (Phi) is 6.17. The molecular weight excluding hydrogens is 328 g/mol. The number of benzene rings is 1. The van der Waals surface area contributed by atoms with Crippen molar-refractivity contribution in [3.63, 3.8) is 0 Å². The van der Waals surface area contributed by atoms with Crippen molar-refractivity contribution < 1.29 is 9.53 Å². The van der Waals surface area contributed by atoms with Crippen LogP contribution in [0.2, 0.25) is 0 Å². The van der Waals surface area contributed by atoms with Crippen molar-refractivity contribution in [1.29, 1.82) is 0 Å². The lowest BCUT2D eigenvalue weighted by Crippen LogP contribution is -2.37. The summed E-state index contributed by atoms with van der Waals surface area (Å²) in [6.07, 6.45) is 2.41. The molecule has 1 amide bonds. The minimum Gasteiger partial charge on any atom is -0.376 e. The van der Waals surface area contributed by atoms with Gasteiger partial charge in [0, 0.05) is 25.7 Å². The van der Waals surface area contributed by atoms with E-state index in [9.17, 15) is 4.79 Å². The molecule has 2 aromatic rings. The van der Waals surface area contributed by atoms with Gasteiger partial charge in [0.05, 0.1) is 6.10 Å². The average molecular weight is 354 g/mol. The smallest absolute Gasteiger partial charge is 0.274 e. The second-order valence-corrected chi connectivity index (χ2v) is 6.83. The van der Waals surface area contributed by atoms with Crippen LogP contribution in [0.3, 0.4) is 0 Å². The van der Waals surface area contributed by atoms with Crippen molar-refractivity contribution >= 4 is 11.7 Å². The maximum absolute atomic E-state index is 12.9. The minimum absolute atomic E-state index is 0.0711. The lowest BCUT2D eigenvalue weighted by Gasteiger charge is -2.26. The third-order valence-corrected chi connectivity index (χ3v) is 4.50. The number of nitrogens with zero attached hydrogens (tertiary/aromatic N) is 3. The first-order chi connectivity index (χ1) is 12.6. The summed E-state index contributed by atoms with van der Waals surface area (Å²) in [5.41, 5.74) is 1.45. The second kappa shape index (κ2) is 8.76. The van der Waals surface area contributed by atoms with E-state index in [1.54, 1.807) is 17.0 Å². The number of amides is 1. The number of anilines is 1. The van der Waals surface area contributed by atoms with Gasteiger partial charge in [0.25, 0.3) is 5.91 Å². The van der Waals surface area contributed by atoms with Crippen LogP contribution < -0.4 is 5.32 Å². The molecule has 1 unspecified atom stereocenters. The highest BCUT2D eigenvalue weighted by Crippen LogP contribution is 2.14. The molecule has 6 heteroatoms. The van der Waals surface area contributed by atoms with Crippen molar-refractivity contribution in [2.24, 2.45) is 0 Å². The van der Waals surface area contributed by atoms with Gasteiger partial charge in [-0.3, -0.25) is 4.79 Å². The number of carbonyl (C=O) groups excluding carboxylic acids is 1. The molecule has 0 aliphatic carbocycles. The maximum Gasteiger partial charge on any atom is 0.274 e. The summed E-state index contributed by atoms with van der Waals surface area (Å²) >= 11 is 0. The Hall–Kier alpha value is -2.47. The lowest BCUT2D eigenvalue weighted by atomic mass is 10.1. The largest absolute Gasteiger partial charge is 0.376 e. The quantitative estimate of drug-likeness (QED) is 0.827. The number of rotatable bonds is 7. The zero-order valence-corrected chi connectivity index (χ0v) is 15.4. The van der Waals surface area contributed by atoms with Crippen molar-refractivity contribution in [3.05, 3.63) is 53.7 Å². The maximum atomic E-state index is 12.9. The Morgan fingerprint density at radius 2 is 2.04 bits per heavy atom. The van der Waals surface area contributed by atoms with E-state index in [1.165, 1.54) is 0 Å². The molecule has 1 aromatic heterocycles. The lowest BCUT2D eigenvalue weighted by molar-refractivity contribution is 0.0683. The molecule has 1 fully saturated rings. The average Bonchev–Trinajstić information content (AvgIpc) is 3.18. The standard InChI is InChI=1S/C20H26N4O2/c1-15(2)24(14-16-7-4-3-5-8-16)20(25)18-10-11-19(23-22-18)21-13-17-9-6-12-26-17/h3-5,7-8,10-11,15,17H,6,9,12-14H2,1-2H3,(H,21,23). The fourth-order valence-electron chi connectivity index (χ4n) is 2.98. The van der Waals surface area contributed by atoms with Crippen LogP contribution in [0.5, 0.6) is 0 Å². The van der Waals surface area contributed by atoms with Gasteiger partial charge in [0.15, 0.2) is 5.69 Å². The highest BCUT2D eigenvalue weighted by atomic mass is 16.5. The number of carbonyl (C=O) groups is 1. The van der Waals surface area contributed by atoms with E-state index in [0.717, 1.165) is 25.0 Å². The van der Waals surface area contributed by atoms with Gasteiger partial charge in [-0.05, 0) is 44.4 Å². The predicted molar refractivity (Wildman–Crippen MR) is 101 cm³/mol. The summed E-state index contributed by atoms with van der Waals surface area (Å²) in [5, 5.41) is 11.5. The van der Waals surface area contributed by atoms with Crippen LogP contribution in [0.15, 0.2) is 42.5 Å². The van der Waals surface area contributed by atoms with E-state index in [-0.39, 0.29) is 18.1 Å². The van der Waals surface area contributed by atoms with E-state index in [4.69, 9.17) is 4.74 Å². The van der Waals surface area contributed by atoms with Gasteiger partial charge in [-0.1, -0.05) is 30.3 Å². The molecule has 1 aliphatic rings. The Morgan fingerprint density at radius 3 is 2.65 bits per heavy atom. The van der Waals surface area contributed by atoms with Gasteiger partial charge in [-0.25, -0.2) is 0 Å². The number of hydrogen-bond acceptors (Lipinski definition) is 5. The molecule has 1 aromatic carbocycles. The van der Waals surface area contributed by atoms with Gasteiger partial charge in [0.2, 0.25) is 0 Å². The molecule has 6 nitrogen and oxygen atoms in total. The first kappa shape index (κ1) is 18.3. The highest BCUT2D eigenvalue weighted by Gasteiger charge is 2.21. The Bertz CT molecular complexity index is 698. The fourth-order valence-corrected chi connectivity index (χ4v) is 2.98. The topological polar surface area (TPSA) is 67.4 Å². The SMILES string of the molecule is CC(C)N(Cc1ccccc1)C(=O)c1ccc(NCC2CCCO2)nn1. The first-order valence-electron chi connectivity index (χ1n) is 9.17.